The van der Waals surface area contributed by atoms with Gasteiger partial charge in [0.2, 0.25) is 5.91 Å². The number of amides is 1. The van der Waals surface area contributed by atoms with E-state index in [0.29, 0.717) is 12.2 Å². The molecule has 0 saturated carbocycles. The summed E-state index contributed by atoms with van der Waals surface area (Å²) in [5, 5.41) is 2.81. The van der Waals surface area contributed by atoms with Crippen LogP contribution in [0.15, 0.2) is 53.4 Å². The number of benzene rings is 2. The van der Waals surface area contributed by atoms with E-state index in [1.54, 1.807) is 36.4 Å². The highest BCUT2D eigenvalue weighted by molar-refractivity contribution is 7.92. The van der Waals surface area contributed by atoms with Gasteiger partial charge in [0.1, 0.15) is 6.54 Å². The van der Waals surface area contributed by atoms with Gasteiger partial charge < -0.3 is 10.2 Å². The molecule has 6 nitrogen and oxygen atoms in total. The van der Waals surface area contributed by atoms with Crippen molar-refractivity contribution in [1.29, 1.82) is 0 Å². The summed E-state index contributed by atoms with van der Waals surface area (Å²) >= 11 is 0. The van der Waals surface area contributed by atoms with Crippen LogP contribution in [0, 0.1) is 13.8 Å². The summed E-state index contributed by atoms with van der Waals surface area (Å²) in [5.41, 5.74) is 2.46. The predicted octanol–water partition coefficient (Wildman–Crippen LogP) is 2.57. The van der Waals surface area contributed by atoms with Crippen LogP contribution >= 0.6 is 0 Å². The second-order valence-corrected chi connectivity index (χ2v) is 9.03. The molecule has 0 aromatic heterocycles. The number of rotatable bonds is 9. The van der Waals surface area contributed by atoms with Crippen LogP contribution in [0.2, 0.25) is 0 Å². The molecule has 0 bridgehead atoms. The van der Waals surface area contributed by atoms with E-state index in [9.17, 15) is 13.2 Å². The minimum Gasteiger partial charge on any atom is -0.354 e. The Morgan fingerprint density at radius 2 is 1.46 bits per heavy atom. The van der Waals surface area contributed by atoms with Crippen LogP contribution < -0.4 is 9.62 Å². The quantitative estimate of drug-likeness (QED) is 0.654. The van der Waals surface area contributed by atoms with Gasteiger partial charge in [-0.05, 0) is 65.2 Å². The summed E-state index contributed by atoms with van der Waals surface area (Å²) in [6.07, 6.45) is 0.800. The maximum Gasteiger partial charge on any atom is 0.264 e. The van der Waals surface area contributed by atoms with E-state index in [1.165, 1.54) is 4.31 Å². The number of nitrogens with zero attached hydrogens (tertiary/aromatic N) is 2. The van der Waals surface area contributed by atoms with E-state index >= 15 is 0 Å². The van der Waals surface area contributed by atoms with Crippen LogP contribution in [0.4, 0.5) is 5.69 Å². The average Bonchev–Trinajstić information content (AvgIpc) is 2.64. The van der Waals surface area contributed by atoms with Gasteiger partial charge in [-0.25, -0.2) is 8.42 Å². The summed E-state index contributed by atoms with van der Waals surface area (Å²) in [4.78, 5) is 14.6. The van der Waals surface area contributed by atoms with Crippen LogP contribution in [-0.2, 0) is 14.8 Å². The number of aryl methyl sites for hydroxylation is 2. The van der Waals surface area contributed by atoms with Gasteiger partial charge in [-0.2, -0.15) is 0 Å². The third-order valence-electron chi connectivity index (χ3n) is 4.32. The SMILES string of the molecule is Cc1ccc(N(CC(=O)NCCCN(C)C)S(=O)(=O)c2ccc(C)cc2)cc1. The number of carbonyl (C=O) groups excluding carboxylic acids is 1. The molecule has 28 heavy (non-hydrogen) atoms. The molecule has 0 saturated heterocycles. The van der Waals surface area contributed by atoms with E-state index in [0.717, 1.165) is 24.1 Å². The molecule has 0 radical (unpaired) electrons. The molecular formula is C21H29N3O3S. The highest BCUT2D eigenvalue weighted by atomic mass is 32.2. The zero-order valence-electron chi connectivity index (χ0n) is 17.0. The van der Waals surface area contributed by atoms with Gasteiger partial charge in [0, 0.05) is 6.54 Å². The lowest BCUT2D eigenvalue weighted by Crippen LogP contribution is -2.41. The first kappa shape index (κ1) is 21.9. The minimum absolute atomic E-state index is 0.166. The van der Waals surface area contributed by atoms with Crippen molar-refractivity contribution >= 4 is 21.6 Å². The molecule has 152 valence electrons. The van der Waals surface area contributed by atoms with E-state index in [-0.39, 0.29) is 17.3 Å². The fraction of sp³-hybridized carbons (Fsp3) is 0.381. The molecule has 7 heteroatoms. The van der Waals surface area contributed by atoms with Gasteiger partial charge >= 0.3 is 0 Å². The number of anilines is 1. The Kier molecular flexibility index (Phi) is 7.60. The fourth-order valence-electron chi connectivity index (χ4n) is 2.67. The van der Waals surface area contributed by atoms with E-state index in [1.807, 2.05) is 45.0 Å². The van der Waals surface area contributed by atoms with Gasteiger partial charge in [-0.15, -0.1) is 0 Å². The van der Waals surface area contributed by atoms with Crippen molar-refractivity contribution in [3.8, 4) is 0 Å². The number of hydrogen-bond donors (Lipinski definition) is 1. The number of sulfonamides is 1. The van der Waals surface area contributed by atoms with E-state index in [4.69, 9.17) is 0 Å². The highest BCUT2D eigenvalue weighted by Crippen LogP contribution is 2.24. The van der Waals surface area contributed by atoms with Crippen molar-refractivity contribution in [3.05, 3.63) is 59.7 Å². The molecule has 0 aliphatic carbocycles. The molecule has 1 amide bonds. The molecule has 0 heterocycles. The second-order valence-electron chi connectivity index (χ2n) is 7.17. The van der Waals surface area contributed by atoms with Crippen molar-refractivity contribution in [1.82, 2.24) is 10.2 Å². The van der Waals surface area contributed by atoms with Crippen molar-refractivity contribution in [3.63, 3.8) is 0 Å². The predicted molar refractivity (Wildman–Crippen MR) is 113 cm³/mol. The molecule has 0 aliphatic heterocycles. The Hall–Kier alpha value is -2.38. The summed E-state index contributed by atoms with van der Waals surface area (Å²) in [5.74, 6) is -0.324. The lowest BCUT2D eigenvalue weighted by molar-refractivity contribution is -0.119. The van der Waals surface area contributed by atoms with Crippen LogP contribution in [0.1, 0.15) is 17.5 Å². The molecular weight excluding hydrogens is 374 g/mol. The fourth-order valence-corrected chi connectivity index (χ4v) is 4.09. The number of nitrogens with one attached hydrogen (secondary N) is 1. The summed E-state index contributed by atoms with van der Waals surface area (Å²) in [6, 6.07) is 13.8. The molecule has 0 fully saturated rings. The van der Waals surface area contributed by atoms with Gasteiger partial charge in [0.25, 0.3) is 10.0 Å². The Bertz CT molecular complexity index is 876. The first-order valence-corrected chi connectivity index (χ1v) is 10.7. The van der Waals surface area contributed by atoms with Crippen molar-refractivity contribution < 1.29 is 13.2 Å². The molecule has 0 aliphatic rings. The Labute approximate surface area is 168 Å². The van der Waals surface area contributed by atoms with Gasteiger partial charge in [0.15, 0.2) is 0 Å². The Balaban J connectivity index is 2.23. The molecule has 2 aromatic rings. The third kappa shape index (κ3) is 6.07. The van der Waals surface area contributed by atoms with Gasteiger partial charge in [-0.1, -0.05) is 35.4 Å². The lowest BCUT2D eigenvalue weighted by Gasteiger charge is -2.24. The molecule has 0 atom stereocenters. The van der Waals surface area contributed by atoms with E-state index < -0.39 is 10.0 Å². The highest BCUT2D eigenvalue weighted by Gasteiger charge is 2.27. The van der Waals surface area contributed by atoms with Crippen LogP contribution in [0.3, 0.4) is 0 Å². The van der Waals surface area contributed by atoms with Gasteiger partial charge in [0.05, 0.1) is 10.6 Å². The number of hydrogen-bond acceptors (Lipinski definition) is 4. The number of carbonyl (C=O) groups is 1. The Morgan fingerprint density at radius 3 is 2.00 bits per heavy atom. The standard InChI is InChI=1S/C21H29N3O3S/c1-17-6-10-19(11-7-17)24(16-21(25)22-14-5-15-23(3)4)28(26,27)20-12-8-18(2)9-13-20/h6-13H,5,14-16H2,1-4H3,(H,22,25). The average molecular weight is 404 g/mol. The topological polar surface area (TPSA) is 69.7 Å². The van der Waals surface area contributed by atoms with Crippen LogP contribution in [0.25, 0.3) is 0 Å². The van der Waals surface area contributed by atoms with E-state index in [2.05, 4.69) is 5.32 Å². The zero-order valence-corrected chi connectivity index (χ0v) is 17.8. The van der Waals surface area contributed by atoms with Crippen molar-refractivity contribution in [2.45, 2.75) is 25.2 Å². The maximum atomic E-state index is 13.2. The molecule has 1 N–H and O–H groups in total. The molecule has 0 spiro atoms. The summed E-state index contributed by atoms with van der Waals surface area (Å²) < 4.78 is 27.6. The molecule has 0 unspecified atom stereocenters. The summed E-state index contributed by atoms with van der Waals surface area (Å²) in [6.45, 7) is 4.92. The monoisotopic (exact) mass is 403 g/mol. The first-order valence-electron chi connectivity index (χ1n) is 9.27. The largest absolute Gasteiger partial charge is 0.354 e. The smallest absolute Gasteiger partial charge is 0.264 e. The normalized spacial score (nSPS) is 11.5. The van der Waals surface area contributed by atoms with Crippen molar-refractivity contribution in [2.24, 2.45) is 0 Å². The molecule has 2 rings (SSSR count). The third-order valence-corrected chi connectivity index (χ3v) is 6.11. The second kappa shape index (κ2) is 9.71. The van der Waals surface area contributed by atoms with Crippen LogP contribution in [-0.4, -0.2) is 53.0 Å². The zero-order chi connectivity index (χ0) is 20.7. The Morgan fingerprint density at radius 1 is 0.929 bits per heavy atom. The molecule has 2 aromatic carbocycles. The van der Waals surface area contributed by atoms with Crippen LogP contribution in [0.5, 0.6) is 0 Å². The van der Waals surface area contributed by atoms with Gasteiger partial charge in [-0.3, -0.25) is 9.10 Å². The maximum absolute atomic E-state index is 13.2. The summed E-state index contributed by atoms with van der Waals surface area (Å²) in [7, 11) is 0.0762. The first-order chi connectivity index (χ1) is 13.2. The minimum atomic E-state index is -3.86. The lowest BCUT2D eigenvalue weighted by atomic mass is 10.2. The van der Waals surface area contributed by atoms with Crippen molar-refractivity contribution in [2.75, 3.05) is 38.0 Å².